The summed E-state index contributed by atoms with van der Waals surface area (Å²) in [6.07, 6.45) is 0.524. The summed E-state index contributed by atoms with van der Waals surface area (Å²) in [4.78, 5) is 10.6. The van der Waals surface area contributed by atoms with Crippen LogP contribution in [0.5, 0.6) is 0 Å². The number of nitrogens with two attached hydrogens (primary N) is 1. The summed E-state index contributed by atoms with van der Waals surface area (Å²) >= 11 is 0. The Hall–Kier alpha value is -0.610. The van der Waals surface area contributed by atoms with Crippen LogP contribution in [0.2, 0.25) is 0 Å². The molecule has 0 bridgehead atoms. The highest BCUT2D eigenvalue weighted by Crippen LogP contribution is 1.73. The van der Waals surface area contributed by atoms with Gasteiger partial charge < -0.3 is 16.4 Å². The minimum absolute atomic E-state index is 0.0597. The molecule has 60 valence electrons. The van der Waals surface area contributed by atoms with Crippen molar-refractivity contribution >= 4 is 5.91 Å². The van der Waals surface area contributed by atoms with Crippen molar-refractivity contribution in [1.29, 1.82) is 0 Å². The van der Waals surface area contributed by atoms with Gasteiger partial charge in [0.1, 0.15) is 0 Å². The molecule has 0 aromatic heterocycles. The third kappa shape index (κ3) is 5.53. The van der Waals surface area contributed by atoms with Gasteiger partial charge in [0.05, 0.1) is 0 Å². The number of amides is 1. The Balaban J connectivity index is 2.96. The van der Waals surface area contributed by atoms with Crippen LogP contribution in [0.3, 0.4) is 0 Å². The molecule has 0 radical (unpaired) electrons. The minimum atomic E-state index is 0.0597. The lowest BCUT2D eigenvalue weighted by atomic mass is 10.4. The number of nitrogens with one attached hydrogen (secondary N) is 2. The van der Waals surface area contributed by atoms with Crippen LogP contribution in [0.25, 0.3) is 0 Å². The van der Waals surface area contributed by atoms with Crippen LogP contribution in [0.1, 0.15) is 6.42 Å². The van der Waals surface area contributed by atoms with Crippen LogP contribution in [0, 0.1) is 0 Å². The average molecular weight is 145 g/mol. The predicted molar refractivity (Wildman–Crippen MR) is 40.6 cm³/mol. The molecule has 4 N–H and O–H groups in total. The molecule has 0 unspecified atom stereocenters. The molecule has 0 saturated heterocycles. The summed E-state index contributed by atoms with van der Waals surface area (Å²) in [5.41, 5.74) is 5.21. The zero-order valence-electron chi connectivity index (χ0n) is 6.31. The topological polar surface area (TPSA) is 67.2 Å². The van der Waals surface area contributed by atoms with Gasteiger partial charge in [-0.2, -0.15) is 0 Å². The van der Waals surface area contributed by atoms with Gasteiger partial charge in [0.25, 0.3) is 0 Å². The maximum atomic E-state index is 10.6. The number of carbonyl (C=O) groups is 1. The zero-order valence-corrected chi connectivity index (χ0v) is 6.31. The molecule has 0 saturated carbocycles. The fourth-order valence-corrected chi connectivity index (χ4v) is 0.554. The predicted octanol–water partition coefficient (Wildman–Crippen LogP) is -1.33. The van der Waals surface area contributed by atoms with Crippen molar-refractivity contribution in [3.05, 3.63) is 0 Å². The van der Waals surface area contributed by atoms with Crippen molar-refractivity contribution in [2.75, 3.05) is 26.7 Å². The SMILES string of the molecule is CNC(=O)CCNCCN. The third-order valence-corrected chi connectivity index (χ3v) is 1.13. The van der Waals surface area contributed by atoms with E-state index in [2.05, 4.69) is 10.6 Å². The van der Waals surface area contributed by atoms with Crippen LogP contribution >= 0.6 is 0 Å². The molecule has 0 aliphatic heterocycles. The molecular formula is C6H15N3O. The first-order valence-corrected chi connectivity index (χ1v) is 3.42. The quantitative estimate of drug-likeness (QED) is 0.420. The fraction of sp³-hybridized carbons (Fsp3) is 0.833. The molecule has 10 heavy (non-hydrogen) atoms. The lowest BCUT2D eigenvalue weighted by molar-refractivity contribution is -0.120. The van der Waals surface area contributed by atoms with E-state index in [0.717, 1.165) is 6.54 Å². The van der Waals surface area contributed by atoms with E-state index in [0.29, 0.717) is 19.5 Å². The second-order valence-corrected chi connectivity index (χ2v) is 1.96. The van der Waals surface area contributed by atoms with Gasteiger partial charge in [0, 0.05) is 33.1 Å². The Bertz CT molecular complexity index is 95.0. The third-order valence-electron chi connectivity index (χ3n) is 1.13. The van der Waals surface area contributed by atoms with Crippen molar-refractivity contribution in [2.45, 2.75) is 6.42 Å². The molecule has 0 fully saturated rings. The summed E-state index contributed by atoms with van der Waals surface area (Å²) in [5.74, 6) is 0.0597. The van der Waals surface area contributed by atoms with Gasteiger partial charge >= 0.3 is 0 Å². The fourth-order valence-electron chi connectivity index (χ4n) is 0.554. The number of rotatable bonds is 5. The lowest BCUT2D eigenvalue weighted by Crippen LogP contribution is -2.28. The van der Waals surface area contributed by atoms with Gasteiger partial charge in [-0.3, -0.25) is 4.79 Å². The molecule has 0 spiro atoms. The second-order valence-electron chi connectivity index (χ2n) is 1.96. The largest absolute Gasteiger partial charge is 0.359 e. The Morgan fingerprint density at radius 3 is 2.70 bits per heavy atom. The molecule has 0 aromatic rings. The second kappa shape index (κ2) is 6.51. The van der Waals surface area contributed by atoms with E-state index in [9.17, 15) is 4.79 Å². The van der Waals surface area contributed by atoms with Crippen molar-refractivity contribution in [2.24, 2.45) is 5.73 Å². The molecule has 0 aromatic carbocycles. The first kappa shape index (κ1) is 9.39. The first-order chi connectivity index (χ1) is 4.81. The van der Waals surface area contributed by atoms with E-state index in [1.165, 1.54) is 0 Å². The summed E-state index contributed by atoms with van der Waals surface area (Å²) in [7, 11) is 1.63. The van der Waals surface area contributed by atoms with Crippen LogP contribution in [0.15, 0.2) is 0 Å². The van der Waals surface area contributed by atoms with Gasteiger partial charge in [0.2, 0.25) is 5.91 Å². The molecule has 4 nitrogen and oxygen atoms in total. The summed E-state index contributed by atoms with van der Waals surface area (Å²) < 4.78 is 0. The van der Waals surface area contributed by atoms with E-state index in [1.807, 2.05) is 0 Å². The molecular weight excluding hydrogens is 130 g/mol. The van der Waals surface area contributed by atoms with Crippen LogP contribution in [0.4, 0.5) is 0 Å². The molecule has 0 rings (SSSR count). The van der Waals surface area contributed by atoms with Crippen molar-refractivity contribution in [3.8, 4) is 0 Å². The summed E-state index contributed by atoms with van der Waals surface area (Å²) in [5, 5.41) is 5.55. The average Bonchev–Trinajstić information content (AvgIpc) is 1.98. The van der Waals surface area contributed by atoms with E-state index in [-0.39, 0.29) is 5.91 Å². The maximum absolute atomic E-state index is 10.6. The van der Waals surface area contributed by atoms with Gasteiger partial charge in [-0.15, -0.1) is 0 Å². The van der Waals surface area contributed by atoms with Crippen LogP contribution < -0.4 is 16.4 Å². The smallest absolute Gasteiger partial charge is 0.221 e. The Morgan fingerprint density at radius 2 is 2.20 bits per heavy atom. The lowest BCUT2D eigenvalue weighted by Gasteiger charge is -2.00. The van der Waals surface area contributed by atoms with Gasteiger partial charge in [0.15, 0.2) is 0 Å². The highest BCUT2D eigenvalue weighted by Gasteiger charge is 1.94. The normalized spacial score (nSPS) is 9.40. The van der Waals surface area contributed by atoms with Gasteiger partial charge in [-0.1, -0.05) is 0 Å². The Labute approximate surface area is 61.2 Å². The highest BCUT2D eigenvalue weighted by atomic mass is 16.1. The Morgan fingerprint density at radius 1 is 1.50 bits per heavy atom. The Kier molecular flexibility index (Phi) is 6.11. The van der Waals surface area contributed by atoms with Crippen LogP contribution in [-0.4, -0.2) is 32.6 Å². The van der Waals surface area contributed by atoms with E-state index in [4.69, 9.17) is 5.73 Å². The monoisotopic (exact) mass is 145 g/mol. The summed E-state index contributed by atoms with van der Waals surface area (Å²) in [6, 6.07) is 0. The molecule has 1 amide bonds. The highest BCUT2D eigenvalue weighted by molar-refractivity contribution is 5.75. The van der Waals surface area contributed by atoms with E-state index in [1.54, 1.807) is 7.05 Å². The maximum Gasteiger partial charge on any atom is 0.221 e. The standard InChI is InChI=1S/C6H15N3O/c1-8-6(10)2-4-9-5-3-7/h9H,2-5,7H2,1H3,(H,8,10). The number of carbonyl (C=O) groups excluding carboxylic acids is 1. The minimum Gasteiger partial charge on any atom is -0.359 e. The molecule has 4 heteroatoms. The number of hydrogen-bond donors (Lipinski definition) is 3. The summed E-state index contributed by atoms with van der Waals surface area (Å²) in [6.45, 7) is 2.10. The molecule has 0 aliphatic carbocycles. The van der Waals surface area contributed by atoms with Gasteiger partial charge in [-0.05, 0) is 0 Å². The molecule has 0 aliphatic rings. The van der Waals surface area contributed by atoms with E-state index >= 15 is 0 Å². The number of hydrogen-bond acceptors (Lipinski definition) is 3. The molecule has 0 heterocycles. The van der Waals surface area contributed by atoms with Crippen LogP contribution in [-0.2, 0) is 4.79 Å². The van der Waals surface area contributed by atoms with Crippen molar-refractivity contribution in [1.82, 2.24) is 10.6 Å². The van der Waals surface area contributed by atoms with Crippen molar-refractivity contribution < 1.29 is 4.79 Å². The van der Waals surface area contributed by atoms with Crippen molar-refractivity contribution in [3.63, 3.8) is 0 Å². The first-order valence-electron chi connectivity index (χ1n) is 3.42. The zero-order chi connectivity index (χ0) is 7.82. The van der Waals surface area contributed by atoms with E-state index < -0.39 is 0 Å². The van der Waals surface area contributed by atoms with Gasteiger partial charge in [-0.25, -0.2) is 0 Å². The molecule has 0 atom stereocenters.